The number of benzene rings is 2. The number of hydrogen-bond donors (Lipinski definition) is 1. The largest absolute Gasteiger partial charge is 0.481 e. The van der Waals surface area contributed by atoms with Crippen LogP contribution in [-0.4, -0.2) is 11.1 Å². The summed E-state index contributed by atoms with van der Waals surface area (Å²) < 4.78 is 6.12. The summed E-state index contributed by atoms with van der Waals surface area (Å²) in [5.41, 5.74) is -0.787. The summed E-state index contributed by atoms with van der Waals surface area (Å²) in [5.74, 6) is 0.501. The third-order valence-electron chi connectivity index (χ3n) is 6.67. The molecule has 0 amide bonds. The van der Waals surface area contributed by atoms with Crippen molar-refractivity contribution in [1.29, 1.82) is 0 Å². The SMILES string of the molecule is CCC=C(C=C(Cl)Cl)C1(c2cccc(Oc3ccccc3)c2)C(C)(C)C1(C)C(=O)O. The summed E-state index contributed by atoms with van der Waals surface area (Å²) in [5, 5.41) is 10.3. The first-order valence-corrected chi connectivity index (χ1v) is 10.7. The Morgan fingerprint density at radius 2 is 1.67 bits per heavy atom. The molecule has 1 saturated carbocycles. The number of carbonyl (C=O) groups is 1. The van der Waals surface area contributed by atoms with E-state index in [9.17, 15) is 9.90 Å². The van der Waals surface area contributed by atoms with E-state index in [0.29, 0.717) is 11.5 Å². The second-order valence-corrected chi connectivity index (χ2v) is 9.26. The van der Waals surface area contributed by atoms with Crippen LogP contribution < -0.4 is 4.74 Å². The molecule has 1 aliphatic carbocycles. The minimum Gasteiger partial charge on any atom is -0.481 e. The Balaban J connectivity index is 2.21. The lowest BCUT2D eigenvalue weighted by molar-refractivity contribution is -0.144. The van der Waals surface area contributed by atoms with Crippen LogP contribution in [0.15, 0.2) is 76.8 Å². The maximum Gasteiger partial charge on any atom is 0.311 e. The van der Waals surface area contributed by atoms with Gasteiger partial charge in [-0.2, -0.15) is 0 Å². The first-order chi connectivity index (χ1) is 14.1. The van der Waals surface area contributed by atoms with Crippen LogP contribution >= 0.6 is 23.2 Å². The van der Waals surface area contributed by atoms with Gasteiger partial charge in [0.1, 0.15) is 16.0 Å². The third kappa shape index (κ3) is 3.25. The zero-order valence-corrected chi connectivity index (χ0v) is 19.1. The van der Waals surface area contributed by atoms with Crippen molar-refractivity contribution in [2.75, 3.05) is 0 Å². The Morgan fingerprint density at radius 3 is 2.20 bits per heavy atom. The van der Waals surface area contributed by atoms with E-state index in [0.717, 1.165) is 17.6 Å². The van der Waals surface area contributed by atoms with Crippen molar-refractivity contribution in [2.24, 2.45) is 10.8 Å². The Hall–Kier alpha value is -2.23. The predicted octanol–water partition coefficient (Wildman–Crippen LogP) is 7.50. The molecule has 0 radical (unpaired) electrons. The van der Waals surface area contributed by atoms with Crippen LogP contribution in [-0.2, 0) is 10.2 Å². The lowest BCUT2D eigenvalue weighted by Gasteiger charge is -2.25. The van der Waals surface area contributed by atoms with E-state index in [1.807, 2.05) is 81.4 Å². The standard InChI is InChI=1S/C25H26Cl2O3/c1-5-10-17(16-21(26)27)25(23(2,3)24(25,4)22(28)29)18-11-9-14-20(15-18)30-19-12-7-6-8-13-19/h6-16H,5H2,1-4H3,(H,28,29). The summed E-state index contributed by atoms with van der Waals surface area (Å²) in [4.78, 5) is 12.5. The number of rotatable bonds is 7. The summed E-state index contributed by atoms with van der Waals surface area (Å²) in [6.45, 7) is 7.75. The van der Waals surface area contributed by atoms with Gasteiger partial charge in [0.2, 0.25) is 0 Å². The van der Waals surface area contributed by atoms with Gasteiger partial charge in [0.25, 0.3) is 0 Å². The monoisotopic (exact) mass is 444 g/mol. The van der Waals surface area contributed by atoms with Gasteiger partial charge in [0, 0.05) is 5.41 Å². The molecule has 0 aliphatic heterocycles. The highest BCUT2D eigenvalue weighted by atomic mass is 35.5. The average molecular weight is 445 g/mol. The van der Waals surface area contributed by atoms with Crippen LogP contribution in [0.3, 0.4) is 0 Å². The topological polar surface area (TPSA) is 46.5 Å². The quantitative estimate of drug-likeness (QED) is 0.449. The van der Waals surface area contributed by atoms with Crippen molar-refractivity contribution < 1.29 is 14.6 Å². The molecule has 0 bridgehead atoms. The molecule has 3 nitrogen and oxygen atoms in total. The normalized spacial score (nSPS) is 24.8. The molecular weight excluding hydrogens is 419 g/mol. The number of ether oxygens (including phenoxy) is 1. The van der Waals surface area contributed by atoms with E-state index in [1.54, 1.807) is 13.0 Å². The highest BCUT2D eigenvalue weighted by Crippen LogP contribution is 2.81. The highest BCUT2D eigenvalue weighted by Gasteiger charge is 2.85. The molecule has 2 atom stereocenters. The van der Waals surface area contributed by atoms with Gasteiger partial charge < -0.3 is 9.84 Å². The molecule has 2 aromatic carbocycles. The number of aliphatic carboxylic acids is 1. The van der Waals surface area contributed by atoms with E-state index in [4.69, 9.17) is 27.9 Å². The van der Waals surface area contributed by atoms with E-state index in [1.165, 1.54) is 0 Å². The van der Waals surface area contributed by atoms with E-state index < -0.39 is 22.2 Å². The summed E-state index contributed by atoms with van der Waals surface area (Å²) in [6, 6.07) is 17.1. The Labute approximate surface area is 188 Å². The van der Waals surface area contributed by atoms with Crippen LogP contribution in [0, 0.1) is 10.8 Å². The Morgan fingerprint density at radius 1 is 1.03 bits per heavy atom. The van der Waals surface area contributed by atoms with Crippen molar-refractivity contribution in [3.8, 4) is 11.5 Å². The second kappa shape index (κ2) is 8.13. The van der Waals surface area contributed by atoms with Crippen molar-refractivity contribution in [2.45, 2.75) is 39.5 Å². The molecule has 0 heterocycles. The van der Waals surface area contributed by atoms with Crippen LogP contribution in [0.4, 0.5) is 0 Å². The van der Waals surface area contributed by atoms with Crippen molar-refractivity contribution >= 4 is 29.2 Å². The average Bonchev–Trinajstić information content (AvgIpc) is 3.11. The summed E-state index contributed by atoms with van der Waals surface area (Å²) in [7, 11) is 0. The van der Waals surface area contributed by atoms with Crippen LogP contribution in [0.5, 0.6) is 11.5 Å². The maximum atomic E-state index is 12.5. The highest BCUT2D eigenvalue weighted by molar-refractivity contribution is 6.56. The van der Waals surface area contributed by atoms with Crippen LogP contribution in [0.25, 0.3) is 0 Å². The zero-order chi connectivity index (χ0) is 22.2. The van der Waals surface area contributed by atoms with Crippen LogP contribution in [0.2, 0.25) is 0 Å². The summed E-state index contributed by atoms with van der Waals surface area (Å²) in [6.07, 6.45) is 4.40. The minimum absolute atomic E-state index is 0.0983. The van der Waals surface area contributed by atoms with Gasteiger partial charge in [-0.25, -0.2) is 0 Å². The maximum absolute atomic E-state index is 12.5. The molecule has 2 aromatic rings. The first kappa shape index (κ1) is 22.5. The number of allylic oxidation sites excluding steroid dienone is 3. The zero-order valence-electron chi connectivity index (χ0n) is 17.6. The molecule has 0 saturated heterocycles. The molecule has 1 fully saturated rings. The summed E-state index contributed by atoms with van der Waals surface area (Å²) >= 11 is 12.1. The van der Waals surface area contributed by atoms with E-state index in [2.05, 4.69) is 0 Å². The molecule has 158 valence electrons. The molecule has 3 rings (SSSR count). The molecule has 0 spiro atoms. The number of halogens is 2. The number of para-hydroxylation sites is 1. The van der Waals surface area contributed by atoms with Crippen LogP contribution in [0.1, 0.15) is 39.7 Å². The second-order valence-electron chi connectivity index (χ2n) is 8.25. The third-order valence-corrected chi connectivity index (χ3v) is 6.89. The molecule has 5 heteroatoms. The lowest BCUT2D eigenvalue weighted by Crippen LogP contribution is -2.25. The fourth-order valence-electron chi connectivity index (χ4n) is 5.06. The number of hydrogen-bond acceptors (Lipinski definition) is 2. The van der Waals surface area contributed by atoms with E-state index in [-0.39, 0.29) is 4.49 Å². The molecule has 2 unspecified atom stereocenters. The van der Waals surface area contributed by atoms with Gasteiger partial charge in [-0.3, -0.25) is 4.79 Å². The predicted molar refractivity (Wildman–Crippen MR) is 122 cm³/mol. The van der Waals surface area contributed by atoms with Gasteiger partial charge in [0.15, 0.2) is 0 Å². The first-order valence-electron chi connectivity index (χ1n) is 9.93. The van der Waals surface area contributed by atoms with Crippen molar-refractivity contribution in [3.05, 3.63) is 82.4 Å². The Kier molecular flexibility index (Phi) is 6.08. The van der Waals surface area contributed by atoms with Crippen molar-refractivity contribution in [1.82, 2.24) is 0 Å². The van der Waals surface area contributed by atoms with Gasteiger partial charge >= 0.3 is 5.97 Å². The number of carboxylic acids is 1. The van der Waals surface area contributed by atoms with Gasteiger partial charge in [-0.1, -0.05) is 80.4 Å². The molecular formula is C25H26Cl2O3. The fraction of sp³-hybridized carbons (Fsp3) is 0.320. The fourth-order valence-corrected chi connectivity index (χ4v) is 5.30. The molecule has 1 N–H and O–H groups in total. The molecule has 30 heavy (non-hydrogen) atoms. The molecule has 0 aromatic heterocycles. The molecule has 1 aliphatic rings. The van der Waals surface area contributed by atoms with E-state index >= 15 is 0 Å². The van der Waals surface area contributed by atoms with Gasteiger partial charge in [0.05, 0.1) is 5.41 Å². The van der Waals surface area contributed by atoms with Gasteiger partial charge in [-0.05, 0) is 60.2 Å². The Bertz CT molecular complexity index is 1010. The minimum atomic E-state index is -1.05. The smallest absolute Gasteiger partial charge is 0.311 e. The number of carboxylic acid groups (broad SMARTS) is 1. The van der Waals surface area contributed by atoms with Crippen molar-refractivity contribution in [3.63, 3.8) is 0 Å². The van der Waals surface area contributed by atoms with Gasteiger partial charge in [-0.15, -0.1) is 0 Å². The lowest BCUT2D eigenvalue weighted by atomic mass is 9.78.